The zero-order chi connectivity index (χ0) is 9.97. The molecule has 0 unspecified atom stereocenters. The summed E-state index contributed by atoms with van der Waals surface area (Å²) in [5, 5.41) is 0. The van der Waals surface area contributed by atoms with E-state index in [1.165, 1.54) is 31.6 Å². The van der Waals surface area contributed by atoms with E-state index < -0.39 is 0 Å². The lowest BCUT2D eigenvalue weighted by Gasteiger charge is -2.32. The van der Waals surface area contributed by atoms with Gasteiger partial charge in [-0.2, -0.15) is 0 Å². The van der Waals surface area contributed by atoms with E-state index in [9.17, 15) is 0 Å². The summed E-state index contributed by atoms with van der Waals surface area (Å²) in [6, 6.07) is 2.08. The molecular weight excluding hydrogens is 240 g/mol. The van der Waals surface area contributed by atoms with Crippen LogP contribution in [0.1, 0.15) is 19.8 Å². The summed E-state index contributed by atoms with van der Waals surface area (Å²) in [5.74, 6) is 0.881. The van der Waals surface area contributed by atoms with Crippen molar-refractivity contribution in [2.75, 3.05) is 18.0 Å². The summed E-state index contributed by atoms with van der Waals surface area (Å²) in [6.45, 7) is 4.67. The maximum Gasteiger partial charge on any atom is 0.0592 e. The molecule has 0 saturated carbocycles. The van der Waals surface area contributed by atoms with E-state index in [0.717, 1.165) is 10.4 Å². The minimum atomic E-state index is 0.881. The smallest absolute Gasteiger partial charge is 0.0592 e. The van der Waals surface area contributed by atoms with Crippen molar-refractivity contribution >= 4 is 21.6 Å². The van der Waals surface area contributed by atoms with Gasteiger partial charge in [0.15, 0.2) is 0 Å². The molecule has 2 heterocycles. The fourth-order valence-electron chi connectivity index (χ4n) is 1.87. The number of hydrogen-bond donors (Lipinski definition) is 0. The van der Waals surface area contributed by atoms with E-state index in [-0.39, 0.29) is 0 Å². The minimum Gasteiger partial charge on any atom is -0.371 e. The first-order valence-electron chi connectivity index (χ1n) is 5.12. The molecule has 0 radical (unpaired) electrons. The van der Waals surface area contributed by atoms with Crippen LogP contribution in [0.4, 0.5) is 5.69 Å². The Balaban J connectivity index is 2.12. The van der Waals surface area contributed by atoms with E-state index in [1.54, 1.807) is 0 Å². The number of rotatable bonds is 1. The van der Waals surface area contributed by atoms with Crippen LogP contribution in [0, 0.1) is 5.92 Å². The highest BCUT2D eigenvalue weighted by atomic mass is 79.9. The lowest BCUT2D eigenvalue weighted by Crippen LogP contribution is -2.32. The molecule has 3 heteroatoms. The van der Waals surface area contributed by atoms with Crippen molar-refractivity contribution in [2.45, 2.75) is 19.8 Å². The molecular formula is C11H15BrN2. The first kappa shape index (κ1) is 9.97. The summed E-state index contributed by atoms with van der Waals surface area (Å²) in [5.41, 5.74) is 1.28. The van der Waals surface area contributed by atoms with Gasteiger partial charge in [0.2, 0.25) is 0 Å². The highest BCUT2D eigenvalue weighted by Gasteiger charge is 2.17. The van der Waals surface area contributed by atoms with Gasteiger partial charge < -0.3 is 4.90 Å². The molecule has 0 atom stereocenters. The molecule has 1 fully saturated rings. The van der Waals surface area contributed by atoms with Crippen molar-refractivity contribution in [3.05, 3.63) is 22.9 Å². The Kier molecular flexibility index (Phi) is 3.06. The van der Waals surface area contributed by atoms with Gasteiger partial charge in [0, 0.05) is 25.5 Å². The monoisotopic (exact) mass is 254 g/mol. The Labute approximate surface area is 93.5 Å². The predicted octanol–water partition coefficient (Wildman–Crippen LogP) is 3.08. The lowest BCUT2D eigenvalue weighted by atomic mass is 9.99. The van der Waals surface area contributed by atoms with Crippen LogP contribution >= 0.6 is 15.9 Å². The molecule has 1 aliphatic heterocycles. The second kappa shape index (κ2) is 4.30. The molecule has 1 aromatic rings. The predicted molar refractivity (Wildman–Crippen MR) is 62.5 cm³/mol. The third kappa shape index (κ3) is 2.08. The van der Waals surface area contributed by atoms with E-state index in [1.807, 2.05) is 12.4 Å². The van der Waals surface area contributed by atoms with Crippen LogP contribution in [0.15, 0.2) is 22.9 Å². The van der Waals surface area contributed by atoms with Crippen molar-refractivity contribution in [2.24, 2.45) is 5.92 Å². The third-order valence-electron chi connectivity index (χ3n) is 2.88. The number of piperidine rings is 1. The molecule has 0 spiro atoms. The molecule has 0 amide bonds. The van der Waals surface area contributed by atoms with Crippen LogP contribution in [-0.2, 0) is 0 Å². The molecule has 0 bridgehead atoms. The second-order valence-electron chi connectivity index (χ2n) is 4.00. The van der Waals surface area contributed by atoms with Crippen molar-refractivity contribution in [1.82, 2.24) is 4.98 Å². The zero-order valence-electron chi connectivity index (χ0n) is 8.41. The van der Waals surface area contributed by atoms with Gasteiger partial charge in [0.05, 0.1) is 10.2 Å². The van der Waals surface area contributed by atoms with E-state index in [4.69, 9.17) is 0 Å². The van der Waals surface area contributed by atoms with Gasteiger partial charge in [0.1, 0.15) is 0 Å². The SMILES string of the molecule is CC1CCN(c2ccncc2Br)CC1. The molecule has 1 aromatic heterocycles. The van der Waals surface area contributed by atoms with Gasteiger partial charge in [-0.25, -0.2) is 0 Å². The van der Waals surface area contributed by atoms with Crippen LogP contribution in [0.2, 0.25) is 0 Å². The summed E-state index contributed by atoms with van der Waals surface area (Å²) in [6.07, 6.45) is 6.33. The maximum atomic E-state index is 4.08. The van der Waals surface area contributed by atoms with E-state index in [0.29, 0.717) is 0 Å². The van der Waals surface area contributed by atoms with E-state index >= 15 is 0 Å². The number of hydrogen-bond acceptors (Lipinski definition) is 2. The Morgan fingerprint density at radius 3 is 2.79 bits per heavy atom. The quantitative estimate of drug-likeness (QED) is 0.766. The fraction of sp³-hybridized carbons (Fsp3) is 0.545. The largest absolute Gasteiger partial charge is 0.371 e. The zero-order valence-corrected chi connectivity index (χ0v) is 10.00. The first-order valence-corrected chi connectivity index (χ1v) is 5.91. The molecule has 1 saturated heterocycles. The molecule has 0 N–H and O–H groups in total. The first-order chi connectivity index (χ1) is 6.77. The van der Waals surface area contributed by atoms with Crippen molar-refractivity contribution in [3.63, 3.8) is 0 Å². The Morgan fingerprint density at radius 2 is 2.14 bits per heavy atom. The van der Waals surface area contributed by atoms with Crippen LogP contribution in [-0.4, -0.2) is 18.1 Å². The number of pyridine rings is 1. The summed E-state index contributed by atoms with van der Waals surface area (Å²) in [7, 11) is 0. The molecule has 76 valence electrons. The van der Waals surface area contributed by atoms with Gasteiger partial charge in [-0.3, -0.25) is 4.98 Å². The standard InChI is InChI=1S/C11H15BrN2/c1-9-3-6-14(7-4-9)11-2-5-13-8-10(11)12/h2,5,8-9H,3-4,6-7H2,1H3. The summed E-state index contributed by atoms with van der Waals surface area (Å²) in [4.78, 5) is 6.52. The highest BCUT2D eigenvalue weighted by molar-refractivity contribution is 9.10. The van der Waals surface area contributed by atoms with E-state index in [2.05, 4.69) is 38.8 Å². The second-order valence-corrected chi connectivity index (χ2v) is 4.85. The number of aromatic nitrogens is 1. The molecule has 2 rings (SSSR count). The van der Waals surface area contributed by atoms with Crippen molar-refractivity contribution in [3.8, 4) is 0 Å². The number of nitrogens with zero attached hydrogens (tertiary/aromatic N) is 2. The Morgan fingerprint density at radius 1 is 1.43 bits per heavy atom. The van der Waals surface area contributed by atoms with Crippen LogP contribution in [0.25, 0.3) is 0 Å². The topological polar surface area (TPSA) is 16.1 Å². The van der Waals surface area contributed by atoms with Crippen LogP contribution < -0.4 is 4.90 Å². The normalized spacial score (nSPS) is 18.6. The molecule has 2 nitrogen and oxygen atoms in total. The average molecular weight is 255 g/mol. The van der Waals surface area contributed by atoms with Crippen molar-refractivity contribution in [1.29, 1.82) is 0 Å². The molecule has 1 aliphatic rings. The number of anilines is 1. The van der Waals surface area contributed by atoms with Crippen LogP contribution in [0.3, 0.4) is 0 Å². The van der Waals surface area contributed by atoms with Gasteiger partial charge in [0.25, 0.3) is 0 Å². The Hall–Kier alpha value is -0.570. The van der Waals surface area contributed by atoms with Gasteiger partial charge in [-0.1, -0.05) is 6.92 Å². The third-order valence-corrected chi connectivity index (χ3v) is 3.49. The Bertz CT molecular complexity index is 306. The average Bonchev–Trinajstić information content (AvgIpc) is 2.20. The van der Waals surface area contributed by atoms with Gasteiger partial charge in [-0.15, -0.1) is 0 Å². The minimum absolute atomic E-state index is 0.881. The maximum absolute atomic E-state index is 4.08. The fourth-order valence-corrected chi connectivity index (χ4v) is 2.37. The molecule has 0 aromatic carbocycles. The van der Waals surface area contributed by atoms with Gasteiger partial charge in [-0.05, 0) is 40.8 Å². The van der Waals surface area contributed by atoms with Gasteiger partial charge >= 0.3 is 0 Å². The highest BCUT2D eigenvalue weighted by Crippen LogP contribution is 2.28. The molecule has 0 aliphatic carbocycles. The lowest BCUT2D eigenvalue weighted by molar-refractivity contribution is 0.438. The van der Waals surface area contributed by atoms with Crippen LogP contribution in [0.5, 0.6) is 0 Å². The van der Waals surface area contributed by atoms with Crippen molar-refractivity contribution < 1.29 is 0 Å². The number of halogens is 1. The summed E-state index contributed by atoms with van der Waals surface area (Å²) >= 11 is 3.54. The molecule has 14 heavy (non-hydrogen) atoms. The summed E-state index contributed by atoms with van der Waals surface area (Å²) < 4.78 is 1.11.